The van der Waals surface area contributed by atoms with Crippen molar-refractivity contribution in [3.05, 3.63) is 89.8 Å². The topological polar surface area (TPSA) is 100 Å². The maximum atomic E-state index is 13.0. The zero-order valence-corrected chi connectivity index (χ0v) is 17.7. The van der Waals surface area contributed by atoms with Crippen LogP contribution in [0.2, 0.25) is 0 Å². The number of carbonyl (C=O) groups is 2. The number of benzene rings is 3. The fourth-order valence-corrected chi connectivity index (χ4v) is 2.76. The number of nitriles is 1. The van der Waals surface area contributed by atoms with Gasteiger partial charge in [0.05, 0.1) is 7.11 Å². The lowest BCUT2D eigenvalue weighted by molar-refractivity contribution is -0.118. The van der Waals surface area contributed by atoms with E-state index in [1.165, 1.54) is 30.3 Å². The van der Waals surface area contributed by atoms with Gasteiger partial charge in [0.15, 0.2) is 6.61 Å². The molecular weight excluding hydrogens is 425 g/mol. The molecule has 7 nitrogen and oxygen atoms in total. The molecule has 0 aliphatic carbocycles. The number of ether oxygens (including phenoxy) is 2. The first-order chi connectivity index (χ1) is 16.0. The number of methoxy groups -OCH3 is 1. The van der Waals surface area contributed by atoms with Crippen LogP contribution in [0, 0.1) is 17.1 Å². The van der Waals surface area contributed by atoms with Gasteiger partial charge in [-0.2, -0.15) is 5.26 Å². The number of anilines is 2. The third-order valence-corrected chi connectivity index (χ3v) is 4.38. The van der Waals surface area contributed by atoms with Gasteiger partial charge >= 0.3 is 0 Å². The van der Waals surface area contributed by atoms with E-state index in [1.807, 2.05) is 6.07 Å². The van der Waals surface area contributed by atoms with Crippen LogP contribution in [0.1, 0.15) is 5.56 Å². The molecule has 0 saturated heterocycles. The van der Waals surface area contributed by atoms with Gasteiger partial charge in [-0.25, -0.2) is 4.39 Å². The molecule has 0 unspecified atom stereocenters. The Bertz CT molecular complexity index is 1200. The zero-order valence-electron chi connectivity index (χ0n) is 17.7. The number of rotatable bonds is 8. The average Bonchev–Trinajstić information content (AvgIpc) is 2.83. The first-order valence-corrected chi connectivity index (χ1v) is 9.82. The van der Waals surface area contributed by atoms with Crippen LogP contribution in [0.3, 0.4) is 0 Å². The highest BCUT2D eigenvalue weighted by Gasteiger charge is 2.10. The summed E-state index contributed by atoms with van der Waals surface area (Å²) in [6, 6.07) is 20.5. The van der Waals surface area contributed by atoms with Gasteiger partial charge in [0.25, 0.3) is 11.8 Å². The van der Waals surface area contributed by atoms with Crippen molar-refractivity contribution in [3.8, 4) is 17.6 Å². The van der Waals surface area contributed by atoms with E-state index in [4.69, 9.17) is 9.47 Å². The molecule has 0 aliphatic heterocycles. The lowest BCUT2D eigenvalue weighted by atomic mass is 10.1. The number of halogens is 1. The van der Waals surface area contributed by atoms with Gasteiger partial charge in [-0.3, -0.25) is 9.59 Å². The number of amides is 2. The lowest BCUT2D eigenvalue weighted by Crippen LogP contribution is -2.20. The molecule has 0 saturated carbocycles. The molecule has 0 heterocycles. The molecule has 0 aromatic heterocycles. The zero-order chi connectivity index (χ0) is 23.6. The van der Waals surface area contributed by atoms with Crippen LogP contribution in [-0.4, -0.2) is 25.5 Å². The third kappa shape index (κ3) is 6.94. The van der Waals surface area contributed by atoms with E-state index >= 15 is 0 Å². The van der Waals surface area contributed by atoms with Crippen molar-refractivity contribution in [3.63, 3.8) is 0 Å². The Balaban J connectivity index is 1.60. The summed E-state index contributed by atoms with van der Waals surface area (Å²) >= 11 is 0. The first kappa shape index (κ1) is 23.0. The van der Waals surface area contributed by atoms with E-state index in [-0.39, 0.29) is 18.1 Å². The second-order valence-electron chi connectivity index (χ2n) is 6.77. The van der Waals surface area contributed by atoms with Crippen molar-refractivity contribution in [2.45, 2.75) is 0 Å². The van der Waals surface area contributed by atoms with Crippen molar-refractivity contribution in [2.24, 2.45) is 0 Å². The summed E-state index contributed by atoms with van der Waals surface area (Å²) in [6.07, 6.45) is 1.39. The Morgan fingerprint density at radius 3 is 2.30 bits per heavy atom. The summed E-state index contributed by atoms with van der Waals surface area (Å²) in [5, 5.41) is 14.6. The summed E-state index contributed by atoms with van der Waals surface area (Å²) in [7, 11) is 1.56. The van der Waals surface area contributed by atoms with Gasteiger partial charge in [0.1, 0.15) is 29.0 Å². The van der Waals surface area contributed by atoms with Crippen LogP contribution < -0.4 is 20.1 Å². The van der Waals surface area contributed by atoms with Crippen LogP contribution in [0.25, 0.3) is 6.08 Å². The van der Waals surface area contributed by atoms with Crippen molar-refractivity contribution in [1.82, 2.24) is 0 Å². The number of hydrogen-bond donors (Lipinski definition) is 2. The van der Waals surface area contributed by atoms with E-state index in [0.717, 1.165) is 0 Å². The fraction of sp³-hybridized carbons (Fsp3) is 0.0800. The van der Waals surface area contributed by atoms with E-state index in [1.54, 1.807) is 55.6 Å². The smallest absolute Gasteiger partial charge is 0.266 e. The average molecular weight is 445 g/mol. The molecule has 2 amide bonds. The van der Waals surface area contributed by atoms with Crippen LogP contribution in [0.5, 0.6) is 11.5 Å². The van der Waals surface area contributed by atoms with Crippen molar-refractivity contribution < 1.29 is 23.5 Å². The van der Waals surface area contributed by atoms with Crippen molar-refractivity contribution >= 4 is 29.3 Å². The van der Waals surface area contributed by atoms with E-state index < -0.39 is 11.7 Å². The second kappa shape index (κ2) is 11.1. The molecule has 0 fully saturated rings. The summed E-state index contributed by atoms with van der Waals surface area (Å²) in [6.45, 7) is -0.227. The highest BCUT2D eigenvalue weighted by Crippen LogP contribution is 2.18. The summed E-state index contributed by atoms with van der Waals surface area (Å²) < 4.78 is 23.6. The highest BCUT2D eigenvalue weighted by atomic mass is 19.1. The van der Waals surface area contributed by atoms with Crippen molar-refractivity contribution in [2.75, 3.05) is 24.4 Å². The molecular formula is C25H20FN3O4. The van der Waals surface area contributed by atoms with E-state index in [2.05, 4.69) is 10.6 Å². The standard InChI is InChI=1S/C25H20FN3O4/c1-32-22-11-9-20(10-12-22)28-24(30)16-33-23-4-2-3-17(14-23)13-18(15-27)25(31)29-21-7-5-19(26)6-8-21/h2-14H,16H2,1H3,(H,28,30)(H,29,31). The maximum absolute atomic E-state index is 13.0. The molecule has 166 valence electrons. The minimum atomic E-state index is -0.630. The van der Waals surface area contributed by atoms with Gasteiger partial charge in [0.2, 0.25) is 0 Å². The predicted molar refractivity (Wildman–Crippen MR) is 122 cm³/mol. The summed E-state index contributed by atoms with van der Waals surface area (Å²) in [5.41, 5.74) is 1.36. The molecule has 3 aromatic carbocycles. The number of nitrogens with one attached hydrogen (secondary N) is 2. The van der Waals surface area contributed by atoms with Gasteiger partial charge < -0.3 is 20.1 Å². The molecule has 0 aliphatic rings. The quantitative estimate of drug-likeness (QED) is 0.395. The molecule has 0 bridgehead atoms. The lowest BCUT2D eigenvalue weighted by Gasteiger charge is -2.09. The second-order valence-corrected chi connectivity index (χ2v) is 6.77. The summed E-state index contributed by atoms with van der Waals surface area (Å²) in [5.74, 6) is -0.340. The Kier molecular flexibility index (Phi) is 7.76. The van der Waals surface area contributed by atoms with Gasteiger partial charge in [-0.1, -0.05) is 12.1 Å². The number of nitrogens with zero attached hydrogens (tertiary/aromatic N) is 1. The molecule has 2 N–H and O–H groups in total. The van der Waals surface area contributed by atoms with Gasteiger partial charge in [-0.15, -0.1) is 0 Å². The predicted octanol–water partition coefficient (Wildman–Crippen LogP) is 4.40. The maximum Gasteiger partial charge on any atom is 0.266 e. The fourth-order valence-electron chi connectivity index (χ4n) is 2.76. The normalized spacial score (nSPS) is 10.6. The van der Waals surface area contributed by atoms with Crippen LogP contribution in [-0.2, 0) is 9.59 Å². The van der Waals surface area contributed by atoms with E-state index in [9.17, 15) is 19.2 Å². The Morgan fingerprint density at radius 2 is 1.64 bits per heavy atom. The monoisotopic (exact) mass is 445 g/mol. The number of carbonyl (C=O) groups excluding carboxylic acids is 2. The largest absolute Gasteiger partial charge is 0.497 e. The summed E-state index contributed by atoms with van der Waals surface area (Å²) in [4.78, 5) is 24.5. The molecule has 0 radical (unpaired) electrons. The Morgan fingerprint density at radius 1 is 0.970 bits per heavy atom. The minimum absolute atomic E-state index is 0.145. The van der Waals surface area contributed by atoms with Crippen LogP contribution in [0.15, 0.2) is 78.4 Å². The Hall–Kier alpha value is -4.64. The van der Waals surface area contributed by atoms with Gasteiger partial charge in [0, 0.05) is 11.4 Å². The molecule has 33 heavy (non-hydrogen) atoms. The number of hydrogen-bond acceptors (Lipinski definition) is 5. The first-order valence-electron chi connectivity index (χ1n) is 9.82. The molecule has 0 spiro atoms. The van der Waals surface area contributed by atoms with Gasteiger partial charge in [-0.05, 0) is 72.3 Å². The highest BCUT2D eigenvalue weighted by molar-refractivity contribution is 6.09. The van der Waals surface area contributed by atoms with Crippen LogP contribution in [0.4, 0.5) is 15.8 Å². The minimum Gasteiger partial charge on any atom is -0.497 e. The van der Waals surface area contributed by atoms with Crippen molar-refractivity contribution in [1.29, 1.82) is 5.26 Å². The molecule has 0 atom stereocenters. The Labute approximate surface area is 190 Å². The molecule has 3 aromatic rings. The molecule has 8 heteroatoms. The van der Waals surface area contributed by atoms with Crippen LogP contribution >= 0.6 is 0 Å². The SMILES string of the molecule is COc1ccc(NC(=O)COc2cccc(C=C(C#N)C(=O)Nc3ccc(F)cc3)c2)cc1. The third-order valence-electron chi connectivity index (χ3n) is 4.38. The van der Waals surface area contributed by atoms with E-state index in [0.29, 0.717) is 28.4 Å². The molecule has 3 rings (SSSR count).